The van der Waals surface area contributed by atoms with Crippen molar-refractivity contribution in [3.63, 3.8) is 0 Å². The summed E-state index contributed by atoms with van der Waals surface area (Å²) in [4.78, 5) is 36.9. The van der Waals surface area contributed by atoms with E-state index in [0.717, 1.165) is 44.9 Å². The molecule has 5 aliphatic rings. The predicted molar refractivity (Wildman–Crippen MR) is 162 cm³/mol. The number of ether oxygens (including phenoxy) is 1. The van der Waals surface area contributed by atoms with Gasteiger partial charge in [-0.05, 0) is 130 Å². The molecular weight excluding hydrogens is 528 g/mol. The fourth-order valence-corrected chi connectivity index (χ4v) is 12.3. The Balaban J connectivity index is 1.40. The lowest BCUT2D eigenvalue weighted by atomic mass is 9.33. The van der Waals surface area contributed by atoms with Gasteiger partial charge < -0.3 is 14.9 Å². The van der Waals surface area contributed by atoms with Crippen LogP contribution >= 0.6 is 0 Å². The van der Waals surface area contributed by atoms with Gasteiger partial charge >= 0.3 is 17.9 Å². The Bertz CT molecular complexity index is 1150. The van der Waals surface area contributed by atoms with E-state index < -0.39 is 23.3 Å². The van der Waals surface area contributed by atoms with Gasteiger partial charge in [-0.25, -0.2) is 0 Å². The third-order valence-corrected chi connectivity index (χ3v) is 14.7. The second kappa shape index (κ2) is 10.1. The van der Waals surface area contributed by atoms with Crippen LogP contribution in [0.4, 0.5) is 0 Å². The molecular formula is C36H56O6. The maximum absolute atomic E-state index is 12.9. The number of carbonyl (C=O) groups excluding carboxylic acids is 1. The monoisotopic (exact) mass is 584 g/mol. The van der Waals surface area contributed by atoms with E-state index in [-0.39, 0.29) is 46.0 Å². The minimum absolute atomic E-state index is 0.118. The molecule has 0 aromatic carbocycles. The molecule has 0 amide bonds. The zero-order valence-electron chi connectivity index (χ0n) is 27.4. The SMILES string of the molecule is C=C(C)[C@@H]1C[C@@H](C(=O)O)C2CC[C@]3(C)[C@H](CC[C@@H]4[C@@]5(C)CC[C@H](OC(=O)CC(C)(C)C(=O)O)C(C)(C)[C@@H]5CC[C@]43C)[C@H]21. The highest BCUT2D eigenvalue weighted by molar-refractivity contribution is 5.81. The van der Waals surface area contributed by atoms with Gasteiger partial charge in [0.05, 0.1) is 17.8 Å². The molecule has 5 rings (SSSR count). The standard InChI is InChI=1S/C36H56O6/c1-20(2)22-18-23(30(38)39)21-12-16-35(8)24(29(21)22)10-11-26-34(7)15-14-27(42-28(37)19-32(3,4)31(40)41)33(5,6)25(34)13-17-36(26,35)9/h21-27,29H,1,10-19H2,2-9H3,(H,38,39)(H,40,41)/t21?,22-,23+,24+,25-,26+,27-,29+,34-,35+,36+/m0/s1. The Morgan fingerprint density at radius 1 is 0.857 bits per heavy atom. The van der Waals surface area contributed by atoms with Crippen LogP contribution in [0.25, 0.3) is 0 Å². The maximum Gasteiger partial charge on any atom is 0.309 e. The molecule has 0 spiro atoms. The van der Waals surface area contributed by atoms with E-state index in [0.29, 0.717) is 29.6 Å². The minimum Gasteiger partial charge on any atom is -0.481 e. The summed E-state index contributed by atoms with van der Waals surface area (Å²) in [6.45, 7) is 21.9. The zero-order valence-corrected chi connectivity index (χ0v) is 27.4. The first kappa shape index (κ1) is 31.6. The highest BCUT2D eigenvalue weighted by atomic mass is 16.5. The van der Waals surface area contributed by atoms with Crippen LogP contribution in [0, 0.1) is 68.5 Å². The van der Waals surface area contributed by atoms with E-state index in [1.807, 2.05) is 0 Å². The molecule has 6 nitrogen and oxygen atoms in total. The first-order chi connectivity index (χ1) is 19.3. The normalized spacial score (nSPS) is 45.9. The first-order valence-corrected chi connectivity index (χ1v) is 16.6. The van der Waals surface area contributed by atoms with Crippen LogP contribution in [0.15, 0.2) is 12.2 Å². The molecule has 6 heteroatoms. The summed E-state index contributed by atoms with van der Waals surface area (Å²) in [7, 11) is 0. The highest BCUT2D eigenvalue weighted by Crippen LogP contribution is 2.76. The molecule has 0 saturated heterocycles. The highest BCUT2D eigenvalue weighted by Gasteiger charge is 2.70. The molecule has 0 bridgehead atoms. The van der Waals surface area contributed by atoms with Crippen LogP contribution in [0.5, 0.6) is 0 Å². The largest absolute Gasteiger partial charge is 0.481 e. The fraction of sp³-hybridized carbons (Fsp3) is 0.861. The van der Waals surface area contributed by atoms with Gasteiger partial charge in [0.1, 0.15) is 6.10 Å². The molecule has 236 valence electrons. The van der Waals surface area contributed by atoms with E-state index in [4.69, 9.17) is 4.74 Å². The molecule has 1 unspecified atom stereocenters. The quantitative estimate of drug-likeness (QED) is 0.242. The molecule has 0 heterocycles. The molecule has 0 aliphatic heterocycles. The Morgan fingerprint density at radius 3 is 2.10 bits per heavy atom. The van der Waals surface area contributed by atoms with Crippen molar-refractivity contribution >= 4 is 17.9 Å². The van der Waals surface area contributed by atoms with Crippen LogP contribution in [-0.4, -0.2) is 34.2 Å². The molecule has 42 heavy (non-hydrogen) atoms. The van der Waals surface area contributed by atoms with Crippen LogP contribution in [0.2, 0.25) is 0 Å². The maximum atomic E-state index is 12.9. The molecule has 0 aromatic heterocycles. The second-order valence-corrected chi connectivity index (χ2v) is 17.3. The predicted octanol–water partition coefficient (Wildman–Crippen LogP) is 8.00. The molecule has 5 fully saturated rings. The van der Waals surface area contributed by atoms with Gasteiger partial charge in [0, 0.05) is 5.41 Å². The summed E-state index contributed by atoms with van der Waals surface area (Å²) in [5, 5.41) is 19.6. The number of fused-ring (bicyclic) bond motifs is 7. The molecule has 11 atom stereocenters. The van der Waals surface area contributed by atoms with Crippen molar-refractivity contribution in [2.75, 3.05) is 0 Å². The first-order valence-electron chi connectivity index (χ1n) is 16.6. The van der Waals surface area contributed by atoms with Gasteiger partial charge in [0.2, 0.25) is 0 Å². The Kier molecular flexibility index (Phi) is 7.58. The zero-order chi connectivity index (χ0) is 31.2. The minimum atomic E-state index is -1.14. The number of rotatable bonds is 6. The van der Waals surface area contributed by atoms with E-state index >= 15 is 0 Å². The van der Waals surface area contributed by atoms with Crippen molar-refractivity contribution in [1.82, 2.24) is 0 Å². The average Bonchev–Trinajstić information content (AvgIpc) is 3.26. The Hall–Kier alpha value is -1.85. The summed E-state index contributed by atoms with van der Waals surface area (Å²) in [6, 6.07) is 0. The fourth-order valence-electron chi connectivity index (χ4n) is 12.3. The van der Waals surface area contributed by atoms with Crippen LogP contribution in [0.1, 0.15) is 120 Å². The van der Waals surface area contributed by atoms with Crippen molar-refractivity contribution in [2.45, 2.75) is 126 Å². The summed E-state index contributed by atoms with van der Waals surface area (Å²) >= 11 is 0. The van der Waals surface area contributed by atoms with Crippen LogP contribution in [0.3, 0.4) is 0 Å². The number of carboxylic acid groups (broad SMARTS) is 2. The van der Waals surface area contributed by atoms with Crippen molar-refractivity contribution in [3.05, 3.63) is 12.2 Å². The average molecular weight is 585 g/mol. The number of carboxylic acids is 2. The van der Waals surface area contributed by atoms with E-state index in [9.17, 15) is 24.6 Å². The summed E-state index contributed by atoms with van der Waals surface area (Å²) in [5.74, 6) is 0.291. The van der Waals surface area contributed by atoms with Gasteiger partial charge in [-0.2, -0.15) is 0 Å². The number of aliphatic carboxylic acids is 2. The van der Waals surface area contributed by atoms with Gasteiger partial charge in [-0.3, -0.25) is 14.4 Å². The Labute approximate surface area is 253 Å². The van der Waals surface area contributed by atoms with Gasteiger partial charge in [-0.1, -0.05) is 46.8 Å². The topological polar surface area (TPSA) is 101 Å². The summed E-state index contributed by atoms with van der Waals surface area (Å²) in [5.41, 5.74) is 0.315. The Morgan fingerprint density at radius 2 is 1.50 bits per heavy atom. The lowest BCUT2D eigenvalue weighted by Crippen LogP contribution is -2.66. The molecule has 0 aromatic rings. The lowest BCUT2D eigenvalue weighted by molar-refractivity contribution is -0.245. The molecule has 5 saturated carbocycles. The van der Waals surface area contributed by atoms with E-state index in [2.05, 4.69) is 48.1 Å². The van der Waals surface area contributed by atoms with Crippen molar-refractivity contribution in [3.8, 4) is 0 Å². The van der Waals surface area contributed by atoms with Crippen LogP contribution in [-0.2, 0) is 19.1 Å². The van der Waals surface area contributed by atoms with Gasteiger partial charge in [0.15, 0.2) is 0 Å². The lowest BCUT2D eigenvalue weighted by Gasteiger charge is -2.72. The molecule has 0 radical (unpaired) electrons. The van der Waals surface area contributed by atoms with Crippen LogP contribution < -0.4 is 0 Å². The van der Waals surface area contributed by atoms with Gasteiger partial charge in [0.25, 0.3) is 0 Å². The number of hydrogen-bond donors (Lipinski definition) is 2. The molecule has 2 N–H and O–H groups in total. The van der Waals surface area contributed by atoms with E-state index in [1.165, 1.54) is 18.4 Å². The molecule has 5 aliphatic carbocycles. The van der Waals surface area contributed by atoms with Crippen molar-refractivity contribution < 1.29 is 29.3 Å². The third kappa shape index (κ3) is 4.42. The summed E-state index contributed by atoms with van der Waals surface area (Å²) in [6.07, 6.45) is 8.99. The second-order valence-electron chi connectivity index (χ2n) is 17.3. The number of carbonyl (C=O) groups is 3. The number of allylic oxidation sites excluding steroid dienone is 1. The summed E-state index contributed by atoms with van der Waals surface area (Å²) < 4.78 is 6.11. The number of hydrogen-bond acceptors (Lipinski definition) is 4. The van der Waals surface area contributed by atoms with Crippen molar-refractivity contribution in [2.24, 2.45) is 68.5 Å². The van der Waals surface area contributed by atoms with E-state index in [1.54, 1.807) is 13.8 Å². The van der Waals surface area contributed by atoms with Gasteiger partial charge in [-0.15, -0.1) is 0 Å². The van der Waals surface area contributed by atoms with Crippen molar-refractivity contribution in [1.29, 1.82) is 0 Å². The number of esters is 1. The smallest absolute Gasteiger partial charge is 0.309 e. The third-order valence-electron chi connectivity index (χ3n) is 14.7.